The van der Waals surface area contributed by atoms with Gasteiger partial charge in [-0.05, 0) is 22.0 Å². The Morgan fingerprint density at radius 1 is 1.55 bits per heavy atom. The summed E-state index contributed by atoms with van der Waals surface area (Å²) in [4.78, 5) is 21.8. The lowest BCUT2D eigenvalue weighted by molar-refractivity contribution is -0.139. The van der Waals surface area contributed by atoms with Crippen LogP contribution < -0.4 is 4.72 Å². The molecule has 112 valence electrons. The Bertz CT molecular complexity index is 624. The van der Waals surface area contributed by atoms with Crippen LogP contribution in [0.4, 0.5) is 0 Å². The molecule has 1 atom stereocenters. The highest BCUT2D eigenvalue weighted by molar-refractivity contribution is 9.11. The molecule has 1 heterocycles. The van der Waals surface area contributed by atoms with Crippen molar-refractivity contribution in [2.24, 2.45) is 0 Å². The highest BCUT2D eigenvalue weighted by atomic mass is 79.9. The maximum atomic E-state index is 12.0. The maximum Gasteiger partial charge on any atom is 0.348 e. The first-order valence-corrected chi connectivity index (χ1v) is 8.05. The molecule has 8 nitrogen and oxygen atoms in total. The van der Waals surface area contributed by atoms with Gasteiger partial charge in [0.1, 0.15) is 15.8 Å². The first kappa shape index (κ1) is 17.0. The molecule has 1 rings (SSSR count). The Balaban J connectivity index is 3.13. The number of carbonyl (C=O) groups is 2. The minimum absolute atomic E-state index is 0.0376. The lowest BCUT2D eigenvalue weighted by Crippen LogP contribution is -2.43. The summed E-state index contributed by atoms with van der Waals surface area (Å²) in [5.41, 5.74) is 0. The molecular weight excluding hydrogens is 378 g/mol. The van der Waals surface area contributed by atoms with Crippen molar-refractivity contribution in [1.82, 2.24) is 4.72 Å². The molecule has 0 unspecified atom stereocenters. The predicted molar refractivity (Wildman–Crippen MR) is 72.2 cm³/mol. The SMILES string of the molecule is COC(=O)c1cc(S(=O)(=O)N[C@@H](CO)C(=O)O)c(Br)s1. The van der Waals surface area contributed by atoms with Crippen molar-refractivity contribution < 1.29 is 33.0 Å². The first-order chi connectivity index (χ1) is 9.22. The Kier molecular flexibility index (Phi) is 5.65. The number of rotatable bonds is 6. The van der Waals surface area contributed by atoms with Gasteiger partial charge in [0.15, 0.2) is 0 Å². The van der Waals surface area contributed by atoms with Gasteiger partial charge >= 0.3 is 11.9 Å². The molecule has 11 heteroatoms. The van der Waals surface area contributed by atoms with Crippen molar-refractivity contribution in [2.75, 3.05) is 13.7 Å². The van der Waals surface area contributed by atoms with E-state index < -0.39 is 34.6 Å². The standard InChI is InChI=1S/C9H10BrNO7S2/c1-18-9(15)5-2-6(7(10)19-5)20(16,17)11-4(3-12)8(13)14/h2,4,11-12H,3H2,1H3,(H,13,14)/t4-/m0/s1. The van der Waals surface area contributed by atoms with Gasteiger partial charge < -0.3 is 14.9 Å². The van der Waals surface area contributed by atoms with Gasteiger partial charge in [-0.1, -0.05) is 0 Å². The van der Waals surface area contributed by atoms with E-state index in [0.29, 0.717) is 0 Å². The third-order valence-corrected chi connectivity index (χ3v) is 5.81. The number of carbonyl (C=O) groups excluding carboxylic acids is 1. The molecular formula is C9H10BrNO7S2. The number of hydrogen-bond donors (Lipinski definition) is 3. The molecule has 0 aliphatic heterocycles. The summed E-state index contributed by atoms with van der Waals surface area (Å²) in [7, 11) is -3.06. The van der Waals surface area contributed by atoms with Gasteiger partial charge in [0.05, 0.1) is 17.5 Å². The van der Waals surface area contributed by atoms with Gasteiger partial charge in [0.25, 0.3) is 0 Å². The highest BCUT2D eigenvalue weighted by Gasteiger charge is 2.28. The van der Waals surface area contributed by atoms with E-state index in [1.165, 1.54) is 0 Å². The molecule has 0 bridgehead atoms. The van der Waals surface area contributed by atoms with Crippen LogP contribution in [0.15, 0.2) is 14.7 Å². The second-order valence-corrected chi connectivity index (χ2v) is 7.49. The summed E-state index contributed by atoms with van der Waals surface area (Å²) in [6.07, 6.45) is 0. The molecule has 0 aliphatic rings. The largest absolute Gasteiger partial charge is 0.480 e. The molecule has 0 radical (unpaired) electrons. The summed E-state index contributed by atoms with van der Waals surface area (Å²) in [5.74, 6) is -2.23. The van der Waals surface area contributed by atoms with Crippen LogP contribution in [0.2, 0.25) is 0 Å². The predicted octanol–water partition coefficient (Wildman–Crippen LogP) is 0.0210. The van der Waals surface area contributed by atoms with Gasteiger partial charge in [-0.2, -0.15) is 4.72 Å². The van der Waals surface area contributed by atoms with E-state index in [9.17, 15) is 18.0 Å². The monoisotopic (exact) mass is 387 g/mol. The van der Waals surface area contributed by atoms with Crippen LogP contribution >= 0.6 is 27.3 Å². The Hall–Kier alpha value is -1.01. The number of thiophene rings is 1. The lowest BCUT2D eigenvalue weighted by atomic mass is 10.3. The molecule has 0 aromatic carbocycles. The number of ether oxygens (including phenoxy) is 1. The summed E-state index contributed by atoms with van der Waals surface area (Å²) >= 11 is 3.81. The van der Waals surface area contributed by atoms with Gasteiger partial charge in [-0.25, -0.2) is 13.2 Å². The smallest absolute Gasteiger partial charge is 0.348 e. The number of methoxy groups -OCH3 is 1. The van der Waals surface area contributed by atoms with Crippen LogP contribution in [0.3, 0.4) is 0 Å². The van der Waals surface area contributed by atoms with Crippen LogP contribution in [-0.4, -0.2) is 50.3 Å². The number of sulfonamides is 1. The van der Waals surface area contributed by atoms with E-state index in [2.05, 4.69) is 20.7 Å². The average Bonchev–Trinajstić information content (AvgIpc) is 2.77. The van der Waals surface area contributed by atoms with Crippen molar-refractivity contribution in [3.05, 3.63) is 14.7 Å². The summed E-state index contributed by atoms with van der Waals surface area (Å²) in [5, 5.41) is 17.5. The molecule has 3 N–H and O–H groups in total. The fraction of sp³-hybridized carbons (Fsp3) is 0.333. The van der Waals surface area contributed by atoms with Gasteiger partial charge in [-0.15, -0.1) is 11.3 Å². The molecule has 20 heavy (non-hydrogen) atoms. The normalized spacial score (nSPS) is 12.9. The van der Waals surface area contributed by atoms with E-state index in [-0.39, 0.29) is 13.6 Å². The fourth-order valence-electron chi connectivity index (χ4n) is 1.15. The number of esters is 1. The van der Waals surface area contributed by atoms with Crippen molar-refractivity contribution >= 4 is 49.2 Å². The van der Waals surface area contributed by atoms with Crippen LogP contribution in [0.25, 0.3) is 0 Å². The van der Waals surface area contributed by atoms with Gasteiger partial charge in [0.2, 0.25) is 10.0 Å². The van der Waals surface area contributed by atoms with E-state index in [4.69, 9.17) is 10.2 Å². The summed E-state index contributed by atoms with van der Waals surface area (Å²) < 4.78 is 30.4. The van der Waals surface area contributed by atoms with E-state index in [1.807, 2.05) is 4.72 Å². The van der Waals surface area contributed by atoms with E-state index in [1.54, 1.807) is 0 Å². The number of halogens is 1. The van der Waals surface area contributed by atoms with Crippen molar-refractivity contribution in [1.29, 1.82) is 0 Å². The number of carboxylic acid groups (broad SMARTS) is 1. The molecule has 0 saturated heterocycles. The zero-order valence-corrected chi connectivity index (χ0v) is 13.2. The third kappa shape index (κ3) is 3.76. The Labute approximate surface area is 126 Å². The topological polar surface area (TPSA) is 130 Å². The molecule has 0 saturated carbocycles. The lowest BCUT2D eigenvalue weighted by Gasteiger charge is -2.11. The maximum absolute atomic E-state index is 12.0. The number of carboxylic acids is 1. The van der Waals surface area contributed by atoms with Crippen LogP contribution in [0, 0.1) is 0 Å². The molecule has 0 amide bonds. The van der Waals surface area contributed by atoms with Crippen molar-refractivity contribution in [2.45, 2.75) is 10.9 Å². The van der Waals surface area contributed by atoms with Crippen molar-refractivity contribution in [3.8, 4) is 0 Å². The molecule has 0 spiro atoms. The summed E-state index contributed by atoms with van der Waals surface area (Å²) in [6, 6.07) is -0.618. The number of nitrogens with one attached hydrogen (secondary N) is 1. The highest BCUT2D eigenvalue weighted by Crippen LogP contribution is 2.32. The molecule has 0 aliphatic carbocycles. The van der Waals surface area contributed by atoms with E-state index in [0.717, 1.165) is 24.5 Å². The zero-order valence-electron chi connectivity index (χ0n) is 9.99. The third-order valence-electron chi connectivity index (χ3n) is 2.11. The Morgan fingerprint density at radius 2 is 2.15 bits per heavy atom. The quantitative estimate of drug-likeness (QED) is 0.586. The van der Waals surface area contributed by atoms with Gasteiger partial charge in [0, 0.05) is 0 Å². The number of aliphatic hydroxyl groups is 1. The number of aliphatic hydroxyl groups excluding tert-OH is 1. The zero-order chi connectivity index (χ0) is 15.5. The second kappa shape index (κ2) is 6.63. The minimum atomic E-state index is -4.20. The number of aliphatic carboxylic acids is 1. The minimum Gasteiger partial charge on any atom is -0.480 e. The van der Waals surface area contributed by atoms with Crippen LogP contribution in [-0.2, 0) is 19.6 Å². The van der Waals surface area contributed by atoms with E-state index >= 15 is 0 Å². The average molecular weight is 388 g/mol. The molecule has 1 aromatic heterocycles. The van der Waals surface area contributed by atoms with Crippen molar-refractivity contribution in [3.63, 3.8) is 0 Å². The van der Waals surface area contributed by atoms with Crippen LogP contribution in [0.5, 0.6) is 0 Å². The fourth-order valence-corrected chi connectivity index (χ4v) is 4.82. The first-order valence-electron chi connectivity index (χ1n) is 4.96. The van der Waals surface area contributed by atoms with Gasteiger partial charge in [-0.3, -0.25) is 4.79 Å². The van der Waals surface area contributed by atoms with Crippen LogP contribution in [0.1, 0.15) is 9.67 Å². The summed E-state index contributed by atoms with van der Waals surface area (Å²) in [6.45, 7) is -0.903. The molecule has 0 fully saturated rings. The second-order valence-electron chi connectivity index (χ2n) is 3.43. The Morgan fingerprint density at radius 3 is 2.60 bits per heavy atom. The molecule has 1 aromatic rings. The number of hydrogen-bond acceptors (Lipinski definition) is 7.